The summed E-state index contributed by atoms with van der Waals surface area (Å²) in [6.07, 6.45) is 2.32. The minimum atomic E-state index is -0.695. The Labute approximate surface area is 118 Å². The number of benzene rings is 1. The maximum absolute atomic E-state index is 12.1. The van der Waals surface area contributed by atoms with Gasteiger partial charge in [-0.3, -0.25) is 4.79 Å². The van der Waals surface area contributed by atoms with E-state index >= 15 is 0 Å². The van der Waals surface area contributed by atoms with Crippen molar-refractivity contribution in [3.63, 3.8) is 0 Å². The van der Waals surface area contributed by atoms with Crippen LogP contribution in [-0.4, -0.2) is 24.0 Å². The van der Waals surface area contributed by atoms with Crippen molar-refractivity contribution < 1.29 is 4.79 Å². The van der Waals surface area contributed by atoms with Gasteiger partial charge in [-0.2, -0.15) is 17.0 Å². The molecule has 0 saturated carbocycles. The summed E-state index contributed by atoms with van der Waals surface area (Å²) in [5, 5.41) is 12.1. The molecule has 2 rings (SSSR count). The molecule has 1 amide bonds. The lowest BCUT2D eigenvalue weighted by molar-refractivity contribution is -0.121. The van der Waals surface area contributed by atoms with Gasteiger partial charge >= 0.3 is 0 Å². The quantitative estimate of drug-likeness (QED) is 0.918. The molecule has 3 nitrogen and oxygen atoms in total. The van der Waals surface area contributed by atoms with Crippen LogP contribution in [0.25, 0.3) is 0 Å². The number of carbonyl (C=O) groups excluding carboxylic acids is 1. The Hall–Kier alpha value is -1.47. The van der Waals surface area contributed by atoms with E-state index in [4.69, 9.17) is 0 Å². The van der Waals surface area contributed by atoms with Crippen molar-refractivity contribution in [2.75, 3.05) is 18.1 Å². The van der Waals surface area contributed by atoms with Crippen molar-refractivity contribution in [3.8, 4) is 6.07 Å². The van der Waals surface area contributed by atoms with E-state index in [2.05, 4.69) is 11.4 Å². The fourth-order valence-corrected chi connectivity index (χ4v) is 3.43. The molecule has 1 aliphatic heterocycles. The first-order valence-electron chi connectivity index (χ1n) is 6.61. The maximum atomic E-state index is 12.1. The minimum Gasteiger partial charge on any atom is -0.354 e. The number of nitrogens with zero attached hydrogens (tertiary/aromatic N) is 1. The van der Waals surface area contributed by atoms with Crippen LogP contribution in [0.5, 0.6) is 0 Å². The van der Waals surface area contributed by atoms with Crippen molar-refractivity contribution >= 4 is 17.7 Å². The van der Waals surface area contributed by atoms with Crippen LogP contribution in [0.1, 0.15) is 24.3 Å². The van der Waals surface area contributed by atoms with Crippen molar-refractivity contribution in [3.05, 3.63) is 35.9 Å². The average Bonchev–Trinajstić information content (AvgIpc) is 2.48. The highest BCUT2D eigenvalue weighted by atomic mass is 32.2. The Balaban J connectivity index is 1.89. The minimum absolute atomic E-state index is 0.174. The predicted molar refractivity (Wildman–Crippen MR) is 77.9 cm³/mol. The number of rotatable bonds is 4. The molecule has 0 bridgehead atoms. The molecular formula is C15H18N2OS. The van der Waals surface area contributed by atoms with Crippen molar-refractivity contribution in [2.24, 2.45) is 5.92 Å². The van der Waals surface area contributed by atoms with Crippen molar-refractivity contribution in [1.29, 1.82) is 5.26 Å². The zero-order valence-electron chi connectivity index (χ0n) is 10.8. The predicted octanol–water partition coefficient (Wildman–Crippen LogP) is 2.55. The van der Waals surface area contributed by atoms with Crippen LogP contribution in [0.2, 0.25) is 0 Å². The van der Waals surface area contributed by atoms with Crippen LogP contribution in [0.15, 0.2) is 30.3 Å². The number of hydrogen-bond donors (Lipinski definition) is 1. The summed E-state index contributed by atoms with van der Waals surface area (Å²) in [5.41, 5.74) is 0.765. The van der Waals surface area contributed by atoms with Crippen molar-refractivity contribution in [1.82, 2.24) is 5.32 Å². The lowest BCUT2D eigenvalue weighted by Gasteiger charge is -2.22. The van der Waals surface area contributed by atoms with Crippen LogP contribution < -0.4 is 5.32 Å². The molecule has 1 aromatic carbocycles. The molecule has 4 heteroatoms. The Morgan fingerprint density at radius 1 is 1.37 bits per heavy atom. The summed E-state index contributed by atoms with van der Waals surface area (Å²) < 4.78 is 0. The molecule has 19 heavy (non-hydrogen) atoms. The molecular weight excluding hydrogens is 256 g/mol. The highest BCUT2D eigenvalue weighted by molar-refractivity contribution is 7.99. The molecule has 0 aromatic heterocycles. The Bertz CT molecular complexity index is 449. The largest absolute Gasteiger partial charge is 0.354 e. The van der Waals surface area contributed by atoms with Gasteiger partial charge in [-0.25, -0.2) is 0 Å². The summed E-state index contributed by atoms with van der Waals surface area (Å²) in [6.45, 7) is 0.699. The highest BCUT2D eigenvalue weighted by Crippen LogP contribution is 2.22. The number of hydrogen-bond acceptors (Lipinski definition) is 3. The number of thioether (sulfide) groups is 1. The van der Waals surface area contributed by atoms with E-state index in [1.165, 1.54) is 11.5 Å². The van der Waals surface area contributed by atoms with Crippen molar-refractivity contribution in [2.45, 2.75) is 18.8 Å². The first kappa shape index (κ1) is 14.0. The fraction of sp³-hybridized carbons (Fsp3) is 0.467. The SMILES string of the molecule is N#CC(C(=O)NCC1CCSCC1)c1ccccc1. The van der Waals surface area contributed by atoms with E-state index in [0.717, 1.165) is 18.4 Å². The molecule has 1 fully saturated rings. The first-order valence-corrected chi connectivity index (χ1v) is 7.76. The number of amides is 1. The van der Waals surface area contributed by atoms with Gasteiger partial charge in [0.05, 0.1) is 6.07 Å². The van der Waals surface area contributed by atoms with E-state index in [1.54, 1.807) is 0 Å². The molecule has 100 valence electrons. The molecule has 1 unspecified atom stereocenters. The fourth-order valence-electron chi connectivity index (χ4n) is 2.23. The van der Waals surface area contributed by atoms with Gasteiger partial charge < -0.3 is 5.32 Å². The van der Waals surface area contributed by atoms with Crippen LogP contribution in [0, 0.1) is 17.2 Å². The third-order valence-corrected chi connectivity index (χ3v) is 4.48. The van der Waals surface area contributed by atoms with Gasteiger partial charge in [-0.05, 0) is 35.8 Å². The second-order valence-electron chi connectivity index (χ2n) is 4.77. The van der Waals surface area contributed by atoms with Gasteiger partial charge in [-0.1, -0.05) is 30.3 Å². The molecule has 1 heterocycles. The van der Waals surface area contributed by atoms with E-state index in [0.29, 0.717) is 12.5 Å². The standard InChI is InChI=1S/C15H18N2OS/c16-10-14(13-4-2-1-3-5-13)15(18)17-11-12-6-8-19-9-7-12/h1-5,12,14H,6-9,11H2,(H,17,18). The second kappa shape index (κ2) is 7.20. The zero-order valence-corrected chi connectivity index (χ0v) is 11.7. The normalized spacial score (nSPS) is 17.4. The zero-order chi connectivity index (χ0) is 13.5. The molecule has 0 radical (unpaired) electrons. The topological polar surface area (TPSA) is 52.9 Å². The van der Waals surface area contributed by atoms with Gasteiger partial charge in [0.2, 0.25) is 5.91 Å². The van der Waals surface area contributed by atoms with Gasteiger partial charge in [0.25, 0.3) is 0 Å². The Morgan fingerprint density at radius 3 is 2.68 bits per heavy atom. The second-order valence-corrected chi connectivity index (χ2v) is 6.00. The van der Waals surface area contributed by atoms with E-state index in [-0.39, 0.29) is 5.91 Å². The molecule has 0 aliphatic carbocycles. The maximum Gasteiger partial charge on any atom is 0.241 e. The average molecular weight is 274 g/mol. The van der Waals surface area contributed by atoms with Gasteiger partial charge in [0.1, 0.15) is 5.92 Å². The van der Waals surface area contributed by atoms with Gasteiger partial charge in [-0.15, -0.1) is 0 Å². The summed E-state index contributed by atoms with van der Waals surface area (Å²) in [4.78, 5) is 12.1. The molecule has 1 atom stereocenters. The molecule has 1 saturated heterocycles. The summed E-state index contributed by atoms with van der Waals surface area (Å²) in [6, 6.07) is 11.3. The van der Waals surface area contributed by atoms with Crippen LogP contribution >= 0.6 is 11.8 Å². The number of nitrogens with one attached hydrogen (secondary N) is 1. The molecule has 1 aliphatic rings. The highest BCUT2D eigenvalue weighted by Gasteiger charge is 2.21. The third kappa shape index (κ3) is 4.00. The molecule has 1 N–H and O–H groups in total. The third-order valence-electron chi connectivity index (χ3n) is 3.43. The van der Waals surface area contributed by atoms with Crippen LogP contribution in [-0.2, 0) is 4.79 Å². The van der Waals surface area contributed by atoms with E-state index in [1.807, 2.05) is 42.1 Å². The summed E-state index contributed by atoms with van der Waals surface area (Å²) >= 11 is 1.98. The Kier molecular flexibility index (Phi) is 5.29. The molecule has 0 spiro atoms. The van der Waals surface area contributed by atoms with Crippen LogP contribution in [0.4, 0.5) is 0 Å². The lowest BCUT2D eigenvalue weighted by Crippen LogP contribution is -2.34. The Morgan fingerprint density at radius 2 is 2.05 bits per heavy atom. The molecule has 1 aromatic rings. The van der Waals surface area contributed by atoms with Gasteiger partial charge in [0, 0.05) is 6.54 Å². The van der Waals surface area contributed by atoms with E-state index in [9.17, 15) is 10.1 Å². The monoisotopic (exact) mass is 274 g/mol. The summed E-state index contributed by atoms with van der Waals surface area (Å²) in [5.74, 6) is 2.06. The van der Waals surface area contributed by atoms with Gasteiger partial charge in [0.15, 0.2) is 0 Å². The first-order chi connectivity index (χ1) is 9.31. The van der Waals surface area contributed by atoms with E-state index < -0.39 is 5.92 Å². The van der Waals surface area contributed by atoms with Crippen LogP contribution in [0.3, 0.4) is 0 Å². The number of nitriles is 1. The summed E-state index contributed by atoms with van der Waals surface area (Å²) in [7, 11) is 0. The smallest absolute Gasteiger partial charge is 0.241 e. The number of carbonyl (C=O) groups is 1. The lowest BCUT2D eigenvalue weighted by atomic mass is 9.98.